The van der Waals surface area contributed by atoms with E-state index in [0.29, 0.717) is 16.9 Å². The maximum atomic E-state index is 12.9. The summed E-state index contributed by atoms with van der Waals surface area (Å²) in [6.07, 6.45) is 5.13. The summed E-state index contributed by atoms with van der Waals surface area (Å²) in [4.78, 5) is 18.0. The van der Waals surface area contributed by atoms with Crippen LogP contribution >= 0.6 is 11.3 Å². The Morgan fingerprint density at radius 2 is 1.96 bits per heavy atom. The molecule has 0 aliphatic rings. The molecule has 3 aromatic heterocycles. The molecule has 128 valence electrons. The molecule has 1 N–H and O–H groups in total. The first-order valence-electron chi connectivity index (χ1n) is 8.13. The summed E-state index contributed by atoms with van der Waals surface area (Å²) >= 11 is 1.56. The van der Waals surface area contributed by atoms with Gasteiger partial charge >= 0.3 is 0 Å². The SMILES string of the molecule is Cc1ccncc1NC(=O)c1cn(-c2ccccc2)nc1-c1cccs1. The molecule has 0 saturated carbocycles. The van der Waals surface area contributed by atoms with Crippen LogP contribution in [-0.2, 0) is 0 Å². The number of hydrogen-bond acceptors (Lipinski definition) is 4. The maximum absolute atomic E-state index is 12.9. The van der Waals surface area contributed by atoms with Gasteiger partial charge in [0.2, 0.25) is 0 Å². The summed E-state index contributed by atoms with van der Waals surface area (Å²) in [6.45, 7) is 1.94. The first kappa shape index (κ1) is 16.2. The molecular formula is C20H16N4OS. The van der Waals surface area contributed by atoms with Gasteiger partial charge in [-0.1, -0.05) is 24.3 Å². The molecule has 1 aromatic carbocycles. The zero-order valence-electron chi connectivity index (χ0n) is 14.1. The Morgan fingerprint density at radius 3 is 2.69 bits per heavy atom. The Hall–Kier alpha value is -3.25. The highest BCUT2D eigenvalue weighted by molar-refractivity contribution is 7.13. The van der Waals surface area contributed by atoms with Crippen molar-refractivity contribution in [3.8, 4) is 16.3 Å². The molecule has 0 saturated heterocycles. The van der Waals surface area contributed by atoms with Gasteiger partial charge in [0, 0.05) is 12.4 Å². The number of benzene rings is 1. The fourth-order valence-electron chi connectivity index (χ4n) is 2.63. The van der Waals surface area contributed by atoms with E-state index in [0.717, 1.165) is 16.1 Å². The summed E-state index contributed by atoms with van der Waals surface area (Å²) < 4.78 is 1.74. The van der Waals surface area contributed by atoms with Gasteiger partial charge in [-0.05, 0) is 42.1 Å². The molecule has 4 rings (SSSR count). The second kappa shape index (κ2) is 6.93. The average Bonchev–Trinajstić information content (AvgIpc) is 3.34. The molecular weight excluding hydrogens is 344 g/mol. The van der Waals surface area contributed by atoms with Gasteiger partial charge in [-0.3, -0.25) is 9.78 Å². The number of nitrogens with one attached hydrogen (secondary N) is 1. The summed E-state index contributed by atoms with van der Waals surface area (Å²) in [5.41, 5.74) is 3.76. The number of amides is 1. The zero-order valence-corrected chi connectivity index (χ0v) is 14.9. The molecule has 3 heterocycles. The number of pyridine rings is 1. The van der Waals surface area contributed by atoms with Gasteiger partial charge in [-0.2, -0.15) is 5.10 Å². The molecule has 6 heteroatoms. The smallest absolute Gasteiger partial charge is 0.259 e. The van der Waals surface area contributed by atoms with Gasteiger partial charge < -0.3 is 5.32 Å². The van der Waals surface area contributed by atoms with E-state index in [-0.39, 0.29) is 5.91 Å². The summed E-state index contributed by atoms with van der Waals surface area (Å²) in [5.74, 6) is -0.202. The molecule has 0 spiro atoms. The third kappa shape index (κ3) is 3.14. The molecule has 0 bridgehead atoms. The van der Waals surface area contributed by atoms with Crippen LogP contribution in [-0.4, -0.2) is 20.7 Å². The standard InChI is InChI=1S/C20H16N4OS/c1-14-9-10-21-12-17(14)22-20(25)16-13-24(15-6-3-2-4-7-15)23-19(16)18-8-5-11-26-18/h2-13H,1H3,(H,22,25). The van der Waals surface area contributed by atoms with Gasteiger partial charge in [-0.25, -0.2) is 4.68 Å². The largest absolute Gasteiger partial charge is 0.320 e. The summed E-state index contributed by atoms with van der Waals surface area (Å²) in [5, 5.41) is 9.58. The Morgan fingerprint density at radius 1 is 1.12 bits per heavy atom. The van der Waals surface area contributed by atoms with Gasteiger partial charge in [0.25, 0.3) is 5.91 Å². The minimum Gasteiger partial charge on any atom is -0.320 e. The Balaban J connectivity index is 1.75. The van der Waals surface area contributed by atoms with E-state index in [4.69, 9.17) is 0 Å². The lowest BCUT2D eigenvalue weighted by atomic mass is 10.2. The van der Waals surface area contributed by atoms with Crippen molar-refractivity contribution in [3.05, 3.63) is 83.6 Å². The Kier molecular flexibility index (Phi) is 4.33. The van der Waals surface area contributed by atoms with Gasteiger partial charge in [0.05, 0.1) is 28.0 Å². The molecule has 0 aliphatic heterocycles. The summed E-state index contributed by atoms with van der Waals surface area (Å²) in [7, 11) is 0. The number of rotatable bonds is 4. The monoisotopic (exact) mass is 360 g/mol. The number of aromatic nitrogens is 3. The maximum Gasteiger partial charge on any atom is 0.259 e. The quantitative estimate of drug-likeness (QED) is 0.580. The van der Waals surface area contributed by atoms with Crippen LogP contribution in [0, 0.1) is 6.92 Å². The number of carbonyl (C=O) groups excluding carboxylic acids is 1. The number of carbonyl (C=O) groups is 1. The second-order valence-corrected chi connectivity index (χ2v) is 6.74. The van der Waals surface area contributed by atoms with Gasteiger partial charge in [0.15, 0.2) is 0 Å². The van der Waals surface area contributed by atoms with E-state index in [9.17, 15) is 4.79 Å². The van der Waals surface area contributed by atoms with E-state index in [1.54, 1.807) is 34.6 Å². The molecule has 0 radical (unpaired) electrons. The molecule has 5 nitrogen and oxygen atoms in total. The van der Waals surface area contributed by atoms with E-state index in [2.05, 4.69) is 15.4 Å². The highest BCUT2D eigenvalue weighted by atomic mass is 32.1. The van der Waals surface area contributed by atoms with E-state index in [1.165, 1.54) is 0 Å². The van der Waals surface area contributed by atoms with E-state index >= 15 is 0 Å². The third-order valence-corrected chi connectivity index (χ3v) is 4.90. The van der Waals surface area contributed by atoms with Crippen molar-refractivity contribution in [2.24, 2.45) is 0 Å². The molecule has 1 amide bonds. The van der Waals surface area contributed by atoms with Crippen molar-refractivity contribution in [1.82, 2.24) is 14.8 Å². The van der Waals surface area contributed by atoms with Crippen molar-refractivity contribution < 1.29 is 4.79 Å². The van der Waals surface area contributed by atoms with Crippen molar-refractivity contribution in [1.29, 1.82) is 0 Å². The number of thiophene rings is 1. The molecule has 0 fully saturated rings. The fourth-order valence-corrected chi connectivity index (χ4v) is 3.36. The first-order valence-corrected chi connectivity index (χ1v) is 9.01. The van der Waals surface area contributed by atoms with Crippen LogP contribution in [0.5, 0.6) is 0 Å². The lowest BCUT2D eigenvalue weighted by Crippen LogP contribution is -2.13. The second-order valence-electron chi connectivity index (χ2n) is 5.79. The predicted molar refractivity (Wildman–Crippen MR) is 104 cm³/mol. The molecule has 0 atom stereocenters. The van der Waals surface area contributed by atoms with Crippen LogP contribution in [0.2, 0.25) is 0 Å². The van der Waals surface area contributed by atoms with Crippen LogP contribution in [0.25, 0.3) is 16.3 Å². The van der Waals surface area contributed by atoms with Gasteiger partial charge in [-0.15, -0.1) is 11.3 Å². The zero-order chi connectivity index (χ0) is 17.9. The molecule has 0 aliphatic carbocycles. The highest BCUT2D eigenvalue weighted by Crippen LogP contribution is 2.28. The minimum absolute atomic E-state index is 0.202. The average molecular weight is 360 g/mol. The number of para-hydroxylation sites is 1. The Bertz CT molecular complexity index is 1040. The third-order valence-electron chi connectivity index (χ3n) is 4.02. The van der Waals surface area contributed by atoms with Crippen LogP contribution < -0.4 is 5.32 Å². The van der Waals surface area contributed by atoms with Crippen LogP contribution in [0.3, 0.4) is 0 Å². The van der Waals surface area contributed by atoms with Crippen molar-refractivity contribution in [2.75, 3.05) is 5.32 Å². The molecule has 26 heavy (non-hydrogen) atoms. The highest BCUT2D eigenvalue weighted by Gasteiger charge is 2.20. The topological polar surface area (TPSA) is 59.8 Å². The van der Waals surface area contributed by atoms with Crippen LogP contribution in [0.15, 0.2) is 72.5 Å². The lowest BCUT2D eigenvalue weighted by molar-refractivity contribution is 0.102. The van der Waals surface area contributed by atoms with Crippen molar-refractivity contribution in [2.45, 2.75) is 6.92 Å². The predicted octanol–water partition coefficient (Wildman–Crippen LogP) is 4.56. The van der Waals surface area contributed by atoms with Crippen molar-refractivity contribution >= 4 is 22.9 Å². The normalized spacial score (nSPS) is 10.7. The van der Waals surface area contributed by atoms with Crippen LogP contribution in [0.1, 0.15) is 15.9 Å². The molecule has 4 aromatic rings. The van der Waals surface area contributed by atoms with Crippen LogP contribution in [0.4, 0.5) is 5.69 Å². The number of nitrogens with zero attached hydrogens (tertiary/aromatic N) is 3. The van der Waals surface area contributed by atoms with Gasteiger partial charge in [0.1, 0.15) is 5.69 Å². The first-order chi connectivity index (χ1) is 12.7. The number of hydrogen-bond donors (Lipinski definition) is 1. The van der Waals surface area contributed by atoms with Crippen molar-refractivity contribution in [3.63, 3.8) is 0 Å². The molecule has 0 unspecified atom stereocenters. The summed E-state index contributed by atoms with van der Waals surface area (Å²) in [6, 6.07) is 15.5. The minimum atomic E-state index is -0.202. The number of anilines is 1. The van der Waals surface area contributed by atoms with E-state index in [1.807, 2.05) is 60.8 Å². The van der Waals surface area contributed by atoms with E-state index < -0.39 is 0 Å². The lowest BCUT2D eigenvalue weighted by Gasteiger charge is -2.07. The fraction of sp³-hybridized carbons (Fsp3) is 0.0500. The Labute approximate surface area is 155 Å². The number of aryl methyl sites for hydroxylation is 1.